The van der Waals surface area contributed by atoms with Crippen LogP contribution in [0.1, 0.15) is 46.0 Å². The Bertz CT molecular complexity index is 194. The fourth-order valence-corrected chi connectivity index (χ4v) is 2.37. The molecule has 0 aromatic rings. The van der Waals surface area contributed by atoms with Gasteiger partial charge < -0.3 is 5.11 Å². The molecule has 1 N–H and O–H groups in total. The van der Waals surface area contributed by atoms with Crippen LogP contribution in [0.15, 0.2) is 0 Å². The monoisotopic (exact) mass is 213 g/mol. The predicted octanol–water partition coefficient (Wildman–Crippen LogP) is 1.59. The molecule has 0 spiro atoms. The van der Waals surface area contributed by atoms with E-state index in [2.05, 4.69) is 18.7 Å². The highest BCUT2D eigenvalue weighted by molar-refractivity contribution is 5.79. The minimum atomic E-state index is 0.259. The number of Topliss-reactive ketones (excluding diaryl/α,β-unsaturated/α-hetero) is 1. The Kier molecular flexibility index (Phi) is 5.26. The van der Waals surface area contributed by atoms with Gasteiger partial charge in [-0.05, 0) is 33.1 Å². The summed E-state index contributed by atoms with van der Waals surface area (Å²) in [7, 11) is 0. The van der Waals surface area contributed by atoms with E-state index in [4.69, 9.17) is 5.11 Å². The van der Waals surface area contributed by atoms with E-state index >= 15 is 0 Å². The van der Waals surface area contributed by atoms with Gasteiger partial charge in [0, 0.05) is 38.1 Å². The Morgan fingerprint density at radius 1 is 1.40 bits per heavy atom. The van der Waals surface area contributed by atoms with Crippen molar-refractivity contribution in [2.45, 2.75) is 58.0 Å². The molecular weight excluding hydrogens is 190 g/mol. The van der Waals surface area contributed by atoms with Crippen LogP contribution in [0.3, 0.4) is 0 Å². The van der Waals surface area contributed by atoms with Crippen molar-refractivity contribution in [1.82, 2.24) is 4.90 Å². The van der Waals surface area contributed by atoms with E-state index in [0.717, 1.165) is 38.6 Å². The maximum atomic E-state index is 11.2. The third-order valence-electron chi connectivity index (χ3n) is 3.22. The number of rotatable bonds is 5. The third-order valence-corrected chi connectivity index (χ3v) is 3.22. The highest BCUT2D eigenvalue weighted by Gasteiger charge is 2.25. The Morgan fingerprint density at radius 2 is 2.00 bits per heavy atom. The first-order chi connectivity index (χ1) is 7.15. The quantitative estimate of drug-likeness (QED) is 0.754. The first kappa shape index (κ1) is 12.7. The topological polar surface area (TPSA) is 40.5 Å². The van der Waals surface area contributed by atoms with Crippen LogP contribution < -0.4 is 0 Å². The number of carbonyl (C=O) groups excluding carboxylic acids is 1. The van der Waals surface area contributed by atoms with Gasteiger partial charge in [0.15, 0.2) is 0 Å². The highest BCUT2D eigenvalue weighted by Crippen LogP contribution is 2.22. The molecule has 0 aliphatic heterocycles. The maximum absolute atomic E-state index is 11.2. The van der Waals surface area contributed by atoms with Crippen LogP contribution in [-0.4, -0.2) is 41.0 Å². The fraction of sp³-hybridized carbons (Fsp3) is 0.917. The van der Waals surface area contributed by atoms with E-state index in [1.807, 2.05) is 0 Å². The molecule has 1 saturated carbocycles. The number of hydrogen-bond donors (Lipinski definition) is 1. The van der Waals surface area contributed by atoms with Crippen LogP contribution in [-0.2, 0) is 4.79 Å². The molecule has 1 rings (SSSR count). The molecule has 0 radical (unpaired) electrons. The molecule has 0 amide bonds. The summed E-state index contributed by atoms with van der Waals surface area (Å²) >= 11 is 0. The van der Waals surface area contributed by atoms with E-state index in [1.165, 1.54) is 0 Å². The molecule has 0 unspecified atom stereocenters. The summed E-state index contributed by atoms with van der Waals surface area (Å²) < 4.78 is 0. The summed E-state index contributed by atoms with van der Waals surface area (Å²) in [5.41, 5.74) is 0. The second-order valence-corrected chi connectivity index (χ2v) is 4.68. The molecule has 0 heterocycles. The lowest BCUT2D eigenvalue weighted by Gasteiger charge is -2.36. The molecule has 1 aliphatic carbocycles. The Hall–Kier alpha value is -0.410. The minimum absolute atomic E-state index is 0.259. The second kappa shape index (κ2) is 6.23. The fourth-order valence-electron chi connectivity index (χ4n) is 2.37. The van der Waals surface area contributed by atoms with Crippen LogP contribution in [0.4, 0.5) is 0 Å². The molecule has 3 nitrogen and oxygen atoms in total. The number of aliphatic hydroxyl groups excluding tert-OH is 1. The predicted molar refractivity (Wildman–Crippen MR) is 60.8 cm³/mol. The summed E-state index contributed by atoms with van der Waals surface area (Å²) in [6.45, 7) is 5.59. The van der Waals surface area contributed by atoms with Gasteiger partial charge in [-0.1, -0.05) is 0 Å². The van der Waals surface area contributed by atoms with Crippen molar-refractivity contribution in [2.75, 3.05) is 13.2 Å². The van der Waals surface area contributed by atoms with Gasteiger partial charge in [-0.3, -0.25) is 9.69 Å². The van der Waals surface area contributed by atoms with Gasteiger partial charge in [-0.25, -0.2) is 0 Å². The third kappa shape index (κ3) is 3.92. The van der Waals surface area contributed by atoms with E-state index in [9.17, 15) is 4.79 Å². The Morgan fingerprint density at radius 3 is 2.47 bits per heavy atom. The first-order valence-electron chi connectivity index (χ1n) is 6.03. The molecule has 0 aromatic carbocycles. The Labute approximate surface area is 92.5 Å². The molecule has 88 valence electrons. The standard InChI is InChI=1S/C12H23NO2/c1-10(2)13(8-3-9-14)11-4-6-12(15)7-5-11/h10-11,14H,3-9H2,1-2H3. The molecule has 1 aliphatic rings. The lowest BCUT2D eigenvalue weighted by atomic mass is 9.92. The van der Waals surface area contributed by atoms with Crippen LogP contribution in [0.2, 0.25) is 0 Å². The van der Waals surface area contributed by atoms with Crippen LogP contribution in [0.5, 0.6) is 0 Å². The lowest BCUT2D eigenvalue weighted by molar-refractivity contribution is -0.121. The number of carbonyl (C=O) groups is 1. The molecule has 0 saturated heterocycles. The van der Waals surface area contributed by atoms with Gasteiger partial charge in [0.2, 0.25) is 0 Å². The van der Waals surface area contributed by atoms with Crippen molar-refractivity contribution in [2.24, 2.45) is 0 Å². The zero-order valence-corrected chi connectivity index (χ0v) is 9.91. The van der Waals surface area contributed by atoms with Crippen molar-refractivity contribution in [1.29, 1.82) is 0 Å². The largest absolute Gasteiger partial charge is 0.396 e. The van der Waals surface area contributed by atoms with Gasteiger partial charge in [0.05, 0.1) is 0 Å². The van der Waals surface area contributed by atoms with Crippen LogP contribution in [0, 0.1) is 0 Å². The number of ketones is 1. The van der Waals surface area contributed by atoms with E-state index in [-0.39, 0.29) is 6.61 Å². The van der Waals surface area contributed by atoms with Crippen molar-refractivity contribution in [3.63, 3.8) is 0 Å². The average Bonchev–Trinajstić information content (AvgIpc) is 2.21. The first-order valence-corrected chi connectivity index (χ1v) is 6.03. The average molecular weight is 213 g/mol. The summed E-state index contributed by atoms with van der Waals surface area (Å²) in [6, 6.07) is 1.06. The van der Waals surface area contributed by atoms with E-state index in [0.29, 0.717) is 17.9 Å². The summed E-state index contributed by atoms with van der Waals surface area (Å²) in [5.74, 6) is 0.414. The molecule has 15 heavy (non-hydrogen) atoms. The maximum Gasteiger partial charge on any atom is 0.133 e. The Balaban J connectivity index is 2.44. The van der Waals surface area contributed by atoms with Crippen LogP contribution >= 0.6 is 0 Å². The molecule has 0 aromatic heterocycles. The van der Waals surface area contributed by atoms with Crippen LogP contribution in [0.25, 0.3) is 0 Å². The number of nitrogens with zero attached hydrogens (tertiary/aromatic N) is 1. The van der Waals surface area contributed by atoms with Gasteiger partial charge in [0.1, 0.15) is 5.78 Å². The summed E-state index contributed by atoms with van der Waals surface area (Å²) in [5, 5.41) is 8.86. The number of aliphatic hydroxyl groups is 1. The zero-order valence-electron chi connectivity index (χ0n) is 9.91. The SMILES string of the molecule is CC(C)N(CCCO)C1CCC(=O)CC1. The molecular formula is C12H23NO2. The van der Waals surface area contributed by atoms with E-state index < -0.39 is 0 Å². The molecule has 0 atom stereocenters. The smallest absolute Gasteiger partial charge is 0.133 e. The molecule has 3 heteroatoms. The zero-order chi connectivity index (χ0) is 11.3. The summed E-state index contributed by atoms with van der Waals surface area (Å²) in [6.07, 6.45) is 4.33. The van der Waals surface area contributed by atoms with Crippen molar-refractivity contribution in [3.8, 4) is 0 Å². The highest BCUT2D eigenvalue weighted by atomic mass is 16.3. The minimum Gasteiger partial charge on any atom is -0.396 e. The van der Waals surface area contributed by atoms with Gasteiger partial charge in [-0.2, -0.15) is 0 Å². The normalized spacial score (nSPS) is 19.1. The van der Waals surface area contributed by atoms with Crippen molar-refractivity contribution in [3.05, 3.63) is 0 Å². The van der Waals surface area contributed by atoms with E-state index in [1.54, 1.807) is 0 Å². The van der Waals surface area contributed by atoms with Crippen molar-refractivity contribution >= 4 is 5.78 Å². The van der Waals surface area contributed by atoms with Crippen molar-refractivity contribution < 1.29 is 9.90 Å². The molecule has 0 bridgehead atoms. The second-order valence-electron chi connectivity index (χ2n) is 4.68. The van der Waals surface area contributed by atoms with Gasteiger partial charge in [0.25, 0.3) is 0 Å². The number of hydrogen-bond acceptors (Lipinski definition) is 3. The molecule has 1 fully saturated rings. The van der Waals surface area contributed by atoms with Gasteiger partial charge in [-0.15, -0.1) is 0 Å². The summed E-state index contributed by atoms with van der Waals surface area (Å²) in [4.78, 5) is 13.6. The lowest BCUT2D eigenvalue weighted by Crippen LogP contribution is -2.43. The van der Waals surface area contributed by atoms with Gasteiger partial charge >= 0.3 is 0 Å².